The smallest absolute Gasteiger partial charge is 0.191 e. The molecule has 13 heavy (non-hydrogen) atoms. The summed E-state index contributed by atoms with van der Waals surface area (Å²) in [5, 5.41) is 17.7. The summed E-state index contributed by atoms with van der Waals surface area (Å²) in [4.78, 5) is 10.8. The van der Waals surface area contributed by atoms with Crippen molar-refractivity contribution < 1.29 is 19.4 Å². The molecular weight excluding hydrogens is 175 g/mol. The van der Waals surface area contributed by atoms with Crippen LogP contribution in [0.3, 0.4) is 0 Å². The molecule has 1 rings (SSSR count). The quantitative estimate of drug-likeness (QED) is 0.715. The first-order valence-corrected chi connectivity index (χ1v) is 3.72. The number of benzene rings is 1. The summed E-state index contributed by atoms with van der Waals surface area (Å²) in [6.45, 7) is -0.724. The van der Waals surface area contributed by atoms with Crippen molar-refractivity contribution in [2.45, 2.75) is 6.10 Å². The number of Topliss-reactive ketones (excluding diaryl/α,β-unsaturated/α-hetero) is 1. The van der Waals surface area contributed by atoms with Crippen LogP contribution in [0.2, 0.25) is 0 Å². The Hall–Kier alpha value is -1.26. The van der Waals surface area contributed by atoms with Gasteiger partial charge < -0.3 is 10.2 Å². The first kappa shape index (κ1) is 9.83. The Bertz CT molecular complexity index is 294. The summed E-state index contributed by atoms with van der Waals surface area (Å²) < 4.78 is 12.4. The number of rotatable bonds is 3. The summed E-state index contributed by atoms with van der Waals surface area (Å²) in [7, 11) is 0. The van der Waals surface area contributed by atoms with Gasteiger partial charge in [-0.05, 0) is 17.7 Å². The van der Waals surface area contributed by atoms with Crippen LogP contribution >= 0.6 is 0 Å². The van der Waals surface area contributed by atoms with Gasteiger partial charge in [0.05, 0.1) is 0 Å². The summed E-state index contributed by atoms with van der Waals surface area (Å²) in [5.41, 5.74) is 0.278. The van der Waals surface area contributed by atoms with Crippen LogP contribution in [-0.4, -0.2) is 22.6 Å². The van der Waals surface area contributed by atoms with Crippen LogP contribution in [0, 0.1) is 5.82 Å². The van der Waals surface area contributed by atoms with Crippen molar-refractivity contribution in [3.8, 4) is 0 Å². The molecule has 4 heteroatoms. The lowest BCUT2D eigenvalue weighted by Gasteiger charge is -2.07. The lowest BCUT2D eigenvalue weighted by molar-refractivity contribution is -0.130. The third-order valence-corrected chi connectivity index (χ3v) is 1.65. The van der Waals surface area contributed by atoms with Gasteiger partial charge in [0.1, 0.15) is 18.5 Å². The number of aliphatic hydroxyl groups excluding tert-OH is 2. The highest BCUT2D eigenvalue weighted by atomic mass is 19.1. The molecule has 0 fully saturated rings. The average Bonchev–Trinajstić information content (AvgIpc) is 2.17. The Morgan fingerprint density at radius 2 is 1.92 bits per heavy atom. The number of ketones is 1. The van der Waals surface area contributed by atoms with E-state index in [1.54, 1.807) is 0 Å². The highest BCUT2D eigenvalue weighted by Gasteiger charge is 2.15. The van der Waals surface area contributed by atoms with Crippen molar-refractivity contribution in [2.24, 2.45) is 0 Å². The molecule has 70 valence electrons. The number of hydrogen-bond acceptors (Lipinski definition) is 3. The Morgan fingerprint density at radius 3 is 2.38 bits per heavy atom. The monoisotopic (exact) mass is 184 g/mol. The van der Waals surface area contributed by atoms with E-state index in [-0.39, 0.29) is 5.56 Å². The van der Waals surface area contributed by atoms with E-state index in [1.165, 1.54) is 12.1 Å². The molecule has 0 aliphatic heterocycles. The average molecular weight is 184 g/mol. The van der Waals surface area contributed by atoms with E-state index in [4.69, 9.17) is 5.11 Å². The number of aliphatic hydroxyl groups is 2. The molecule has 1 atom stereocenters. The molecule has 1 aromatic carbocycles. The van der Waals surface area contributed by atoms with E-state index in [0.717, 1.165) is 12.1 Å². The van der Waals surface area contributed by atoms with Crippen LogP contribution in [0.15, 0.2) is 24.3 Å². The minimum atomic E-state index is -1.37. The summed E-state index contributed by atoms with van der Waals surface area (Å²) in [6, 6.07) is 4.88. The Kier molecular flexibility index (Phi) is 3.11. The molecule has 0 radical (unpaired) electrons. The van der Waals surface area contributed by atoms with E-state index < -0.39 is 24.3 Å². The van der Waals surface area contributed by atoms with Gasteiger partial charge in [0.2, 0.25) is 0 Å². The second kappa shape index (κ2) is 4.11. The minimum Gasteiger partial charge on any atom is -0.388 e. The van der Waals surface area contributed by atoms with Crippen molar-refractivity contribution in [3.63, 3.8) is 0 Å². The fourth-order valence-electron chi connectivity index (χ4n) is 0.917. The van der Waals surface area contributed by atoms with Gasteiger partial charge in [-0.2, -0.15) is 0 Å². The van der Waals surface area contributed by atoms with Crippen molar-refractivity contribution in [3.05, 3.63) is 35.6 Å². The summed E-state index contributed by atoms with van der Waals surface area (Å²) in [5.74, 6) is -1.14. The maximum Gasteiger partial charge on any atom is 0.191 e. The second-order valence-corrected chi connectivity index (χ2v) is 2.58. The zero-order valence-corrected chi connectivity index (χ0v) is 6.77. The molecular formula is C9H9FO3. The SMILES string of the molecule is O=C(CO)[C@H](O)c1ccc(F)cc1. The number of carbonyl (C=O) groups is 1. The van der Waals surface area contributed by atoms with Crippen molar-refractivity contribution in [2.75, 3.05) is 6.61 Å². The number of halogens is 1. The molecule has 0 aliphatic carbocycles. The van der Waals surface area contributed by atoms with E-state index in [0.29, 0.717) is 0 Å². The molecule has 0 bridgehead atoms. The topological polar surface area (TPSA) is 57.5 Å². The van der Waals surface area contributed by atoms with E-state index >= 15 is 0 Å². The van der Waals surface area contributed by atoms with Crippen LogP contribution < -0.4 is 0 Å². The first-order valence-electron chi connectivity index (χ1n) is 3.72. The molecule has 2 N–H and O–H groups in total. The van der Waals surface area contributed by atoms with Crippen LogP contribution in [0.1, 0.15) is 11.7 Å². The van der Waals surface area contributed by atoms with Crippen molar-refractivity contribution in [1.29, 1.82) is 0 Å². The van der Waals surface area contributed by atoms with Gasteiger partial charge in [-0.3, -0.25) is 4.79 Å². The van der Waals surface area contributed by atoms with E-state index in [2.05, 4.69) is 0 Å². The lowest BCUT2D eigenvalue weighted by Crippen LogP contribution is -2.15. The molecule has 0 unspecified atom stereocenters. The molecule has 0 amide bonds. The van der Waals surface area contributed by atoms with Crippen molar-refractivity contribution in [1.82, 2.24) is 0 Å². The highest BCUT2D eigenvalue weighted by molar-refractivity contribution is 5.84. The third-order valence-electron chi connectivity index (χ3n) is 1.65. The van der Waals surface area contributed by atoms with Gasteiger partial charge in [0.15, 0.2) is 5.78 Å². The van der Waals surface area contributed by atoms with Crippen molar-refractivity contribution >= 4 is 5.78 Å². The maximum absolute atomic E-state index is 12.4. The number of carbonyl (C=O) groups excluding carboxylic acids is 1. The molecule has 0 spiro atoms. The normalized spacial score (nSPS) is 12.5. The summed E-state index contributed by atoms with van der Waals surface area (Å²) >= 11 is 0. The summed E-state index contributed by atoms with van der Waals surface area (Å²) in [6.07, 6.45) is -1.37. The fraction of sp³-hybridized carbons (Fsp3) is 0.222. The largest absolute Gasteiger partial charge is 0.388 e. The third kappa shape index (κ3) is 2.34. The predicted octanol–water partition coefficient (Wildman–Crippen LogP) is 0.420. The Balaban J connectivity index is 2.83. The molecule has 0 heterocycles. The Morgan fingerprint density at radius 1 is 1.38 bits per heavy atom. The fourth-order valence-corrected chi connectivity index (χ4v) is 0.917. The van der Waals surface area contributed by atoms with Gasteiger partial charge >= 0.3 is 0 Å². The molecule has 0 saturated carbocycles. The van der Waals surface area contributed by atoms with Gasteiger partial charge in [0, 0.05) is 0 Å². The van der Waals surface area contributed by atoms with Gasteiger partial charge in [-0.15, -0.1) is 0 Å². The second-order valence-electron chi connectivity index (χ2n) is 2.58. The van der Waals surface area contributed by atoms with Crippen LogP contribution in [0.25, 0.3) is 0 Å². The molecule has 0 aliphatic rings. The number of hydrogen-bond donors (Lipinski definition) is 2. The van der Waals surface area contributed by atoms with Gasteiger partial charge in [-0.25, -0.2) is 4.39 Å². The van der Waals surface area contributed by atoms with Crippen LogP contribution in [0.4, 0.5) is 4.39 Å². The van der Waals surface area contributed by atoms with Gasteiger partial charge in [-0.1, -0.05) is 12.1 Å². The molecule has 3 nitrogen and oxygen atoms in total. The Labute approximate surface area is 74.4 Å². The van der Waals surface area contributed by atoms with Crippen LogP contribution in [-0.2, 0) is 4.79 Å². The molecule has 1 aromatic rings. The highest BCUT2D eigenvalue weighted by Crippen LogP contribution is 2.13. The predicted molar refractivity (Wildman–Crippen MR) is 43.5 cm³/mol. The maximum atomic E-state index is 12.4. The lowest BCUT2D eigenvalue weighted by atomic mass is 10.1. The molecule has 0 aromatic heterocycles. The van der Waals surface area contributed by atoms with Gasteiger partial charge in [0.25, 0.3) is 0 Å². The first-order chi connectivity index (χ1) is 6.15. The standard InChI is InChI=1S/C9H9FO3/c10-7-3-1-6(2-4-7)9(13)8(12)5-11/h1-4,9,11,13H,5H2/t9-/m1/s1. The zero-order valence-electron chi connectivity index (χ0n) is 6.77. The minimum absolute atomic E-state index is 0.278. The van der Waals surface area contributed by atoms with E-state index in [9.17, 15) is 14.3 Å². The van der Waals surface area contributed by atoms with Crippen LogP contribution in [0.5, 0.6) is 0 Å². The molecule has 0 saturated heterocycles. The van der Waals surface area contributed by atoms with E-state index in [1.807, 2.05) is 0 Å². The zero-order chi connectivity index (χ0) is 9.84.